The topological polar surface area (TPSA) is 49.9 Å². The fraction of sp³-hybridized carbons (Fsp3) is 0. The van der Waals surface area contributed by atoms with Crippen LogP contribution in [-0.2, 0) is 0 Å². The average molecular weight is 137 g/mol. The van der Waals surface area contributed by atoms with Crippen LogP contribution < -0.4 is 5.73 Å². The molecule has 10 heavy (non-hydrogen) atoms. The van der Waals surface area contributed by atoms with E-state index in [4.69, 9.17) is 11.1 Å². The van der Waals surface area contributed by atoms with Crippen LogP contribution in [0.4, 0.5) is 4.39 Å². The molecule has 0 aromatic heterocycles. The maximum Gasteiger partial charge on any atom is 0.131 e. The first-order valence-electron chi connectivity index (χ1n) is 2.72. The summed E-state index contributed by atoms with van der Waals surface area (Å²) < 4.78 is 12.3. The Morgan fingerprint density at radius 1 is 1.70 bits per heavy atom. The van der Waals surface area contributed by atoms with Crippen molar-refractivity contribution in [1.29, 1.82) is 5.41 Å². The second kappa shape index (κ2) is 2.47. The number of nitrogens with one attached hydrogen (secondary N) is 1. The molecule has 0 aliphatic carbocycles. The van der Waals surface area contributed by atoms with E-state index in [9.17, 15) is 4.39 Å². The molecule has 51 valence electrons. The Morgan fingerprint density at radius 2 is 2.40 bits per heavy atom. The molecule has 1 aromatic rings. The molecule has 2 nitrogen and oxygen atoms in total. The molecule has 3 N–H and O–H groups in total. The average Bonchev–Trinajstić information content (AvgIpc) is 1.88. The van der Waals surface area contributed by atoms with Crippen molar-refractivity contribution in [2.75, 3.05) is 0 Å². The first-order chi connectivity index (χ1) is 4.70. The van der Waals surface area contributed by atoms with Crippen LogP contribution >= 0.6 is 0 Å². The van der Waals surface area contributed by atoms with Crippen LogP contribution in [0.3, 0.4) is 0 Å². The maximum absolute atomic E-state index is 12.3. The highest BCUT2D eigenvalue weighted by Gasteiger charge is 1.95. The lowest BCUT2D eigenvalue weighted by molar-refractivity contribution is 0.625. The van der Waals surface area contributed by atoms with Crippen LogP contribution in [0.1, 0.15) is 5.56 Å². The molecule has 0 saturated carbocycles. The standard InChI is InChI=1S/C7H6FN2/c8-6-3-1-2-5(4-6)7(9)10/h1-2,4H,(H3,9,10). The number of hydrogen-bond donors (Lipinski definition) is 2. The zero-order valence-corrected chi connectivity index (χ0v) is 5.19. The van der Waals surface area contributed by atoms with Gasteiger partial charge >= 0.3 is 0 Å². The van der Waals surface area contributed by atoms with Gasteiger partial charge in [0.25, 0.3) is 0 Å². The predicted molar refractivity (Wildman–Crippen MR) is 36.3 cm³/mol. The van der Waals surface area contributed by atoms with Gasteiger partial charge in [0.2, 0.25) is 0 Å². The molecule has 1 radical (unpaired) electrons. The van der Waals surface area contributed by atoms with E-state index < -0.39 is 5.82 Å². The highest BCUT2D eigenvalue weighted by Crippen LogP contribution is 2.00. The van der Waals surface area contributed by atoms with Crippen molar-refractivity contribution in [1.82, 2.24) is 0 Å². The molecule has 0 heterocycles. The molecule has 0 spiro atoms. The molecule has 0 aliphatic heterocycles. The van der Waals surface area contributed by atoms with Gasteiger partial charge in [-0.25, -0.2) is 4.39 Å². The fourth-order valence-electron chi connectivity index (χ4n) is 0.605. The highest BCUT2D eigenvalue weighted by molar-refractivity contribution is 5.94. The Morgan fingerprint density at radius 3 is 2.80 bits per heavy atom. The lowest BCUT2D eigenvalue weighted by atomic mass is 10.2. The van der Waals surface area contributed by atoms with Gasteiger partial charge in [-0.15, -0.1) is 0 Å². The zero-order valence-electron chi connectivity index (χ0n) is 5.19. The highest BCUT2D eigenvalue weighted by atomic mass is 19.1. The van der Waals surface area contributed by atoms with E-state index in [0.29, 0.717) is 5.56 Å². The van der Waals surface area contributed by atoms with Crippen LogP contribution in [0.15, 0.2) is 18.2 Å². The summed E-state index contributed by atoms with van der Waals surface area (Å²) in [4.78, 5) is 0. The first-order valence-corrected chi connectivity index (χ1v) is 2.72. The Balaban J connectivity index is 3.07. The largest absolute Gasteiger partial charge is 0.384 e. The van der Waals surface area contributed by atoms with E-state index >= 15 is 0 Å². The normalized spacial score (nSPS) is 9.30. The first kappa shape index (κ1) is 6.74. The van der Waals surface area contributed by atoms with Gasteiger partial charge in [-0.1, -0.05) is 12.1 Å². The SMILES string of the molecule is N=C(N)c1cc[c]c(F)c1. The summed E-state index contributed by atoms with van der Waals surface area (Å²) in [5.74, 6) is -0.624. The molecular formula is C7H6FN2. The fourth-order valence-corrected chi connectivity index (χ4v) is 0.605. The number of nitrogen functional groups attached to an aromatic ring is 1. The maximum atomic E-state index is 12.3. The van der Waals surface area contributed by atoms with Crippen molar-refractivity contribution in [3.63, 3.8) is 0 Å². The van der Waals surface area contributed by atoms with Gasteiger partial charge in [0, 0.05) is 11.6 Å². The Labute approximate surface area is 58.0 Å². The quantitative estimate of drug-likeness (QED) is 0.438. The van der Waals surface area contributed by atoms with E-state index in [0.717, 1.165) is 0 Å². The van der Waals surface area contributed by atoms with E-state index in [2.05, 4.69) is 6.07 Å². The molecule has 0 fully saturated rings. The lowest BCUT2D eigenvalue weighted by Crippen LogP contribution is -2.10. The molecular weight excluding hydrogens is 131 g/mol. The summed E-state index contributed by atoms with van der Waals surface area (Å²) in [7, 11) is 0. The molecule has 3 heteroatoms. The number of amidine groups is 1. The smallest absolute Gasteiger partial charge is 0.131 e. The molecule has 1 rings (SSSR count). The Kier molecular flexibility index (Phi) is 1.67. The number of benzene rings is 1. The molecule has 0 unspecified atom stereocenters. The molecule has 0 saturated heterocycles. The third-order valence-corrected chi connectivity index (χ3v) is 1.08. The number of rotatable bonds is 1. The van der Waals surface area contributed by atoms with Crippen LogP contribution in [0.25, 0.3) is 0 Å². The summed E-state index contributed by atoms with van der Waals surface area (Å²) in [6, 6.07) is 6.40. The van der Waals surface area contributed by atoms with E-state index in [1.807, 2.05) is 0 Å². The molecule has 0 atom stereocenters. The van der Waals surface area contributed by atoms with Crippen LogP contribution in [-0.4, -0.2) is 5.84 Å². The number of halogens is 1. The van der Waals surface area contributed by atoms with Crippen molar-refractivity contribution in [2.45, 2.75) is 0 Å². The van der Waals surface area contributed by atoms with Gasteiger partial charge in [-0.3, -0.25) is 5.41 Å². The second-order valence-electron chi connectivity index (χ2n) is 1.84. The summed E-state index contributed by atoms with van der Waals surface area (Å²) in [5, 5.41) is 6.93. The van der Waals surface area contributed by atoms with Crippen LogP contribution in [0.2, 0.25) is 0 Å². The van der Waals surface area contributed by atoms with Gasteiger partial charge in [0.05, 0.1) is 0 Å². The van der Waals surface area contributed by atoms with E-state index in [1.54, 1.807) is 0 Å². The van der Waals surface area contributed by atoms with E-state index in [-0.39, 0.29) is 5.84 Å². The van der Waals surface area contributed by atoms with Crippen molar-refractivity contribution in [2.24, 2.45) is 5.73 Å². The molecule has 1 aromatic carbocycles. The van der Waals surface area contributed by atoms with Gasteiger partial charge in [-0.05, 0) is 6.07 Å². The monoisotopic (exact) mass is 137 g/mol. The summed E-state index contributed by atoms with van der Waals surface area (Å²) in [6.45, 7) is 0. The third kappa shape index (κ3) is 1.31. The minimum atomic E-state index is -0.493. The van der Waals surface area contributed by atoms with Gasteiger partial charge in [-0.2, -0.15) is 0 Å². The Bertz CT molecular complexity index is 258. The van der Waals surface area contributed by atoms with Gasteiger partial charge < -0.3 is 5.73 Å². The number of nitrogens with two attached hydrogens (primary N) is 1. The van der Waals surface area contributed by atoms with Crippen molar-refractivity contribution in [3.8, 4) is 0 Å². The summed E-state index contributed by atoms with van der Waals surface area (Å²) >= 11 is 0. The van der Waals surface area contributed by atoms with Gasteiger partial charge in [0.1, 0.15) is 11.7 Å². The molecule has 0 amide bonds. The zero-order chi connectivity index (χ0) is 7.56. The second-order valence-corrected chi connectivity index (χ2v) is 1.84. The third-order valence-electron chi connectivity index (χ3n) is 1.08. The van der Waals surface area contributed by atoms with Crippen LogP contribution in [0.5, 0.6) is 0 Å². The van der Waals surface area contributed by atoms with E-state index in [1.165, 1.54) is 18.2 Å². The van der Waals surface area contributed by atoms with Crippen molar-refractivity contribution in [3.05, 3.63) is 35.6 Å². The lowest BCUT2D eigenvalue weighted by Gasteiger charge is -1.94. The summed E-state index contributed by atoms with van der Waals surface area (Å²) in [6.07, 6.45) is 0. The number of hydrogen-bond acceptors (Lipinski definition) is 1. The molecule has 0 bridgehead atoms. The van der Waals surface area contributed by atoms with Gasteiger partial charge in [0.15, 0.2) is 0 Å². The van der Waals surface area contributed by atoms with Crippen molar-refractivity contribution < 1.29 is 4.39 Å². The van der Waals surface area contributed by atoms with Crippen molar-refractivity contribution >= 4 is 5.84 Å². The molecule has 0 aliphatic rings. The minimum Gasteiger partial charge on any atom is -0.384 e. The summed E-state index contributed by atoms with van der Waals surface area (Å²) in [5.41, 5.74) is 5.47. The minimum absolute atomic E-state index is 0.132. The predicted octanol–water partition coefficient (Wildman–Crippen LogP) is 0.910. The Hall–Kier alpha value is -1.38. The van der Waals surface area contributed by atoms with Crippen LogP contribution in [0, 0.1) is 17.3 Å².